The molecule has 2 aromatic heterocycles. The quantitative estimate of drug-likeness (QED) is 0.732. The number of benzene rings is 1. The summed E-state index contributed by atoms with van der Waals surface area (Å²) < 4.78 is 18.7. The lowest BCUT2D eigenvalue weighted by molar-refractivity contribution is 0.601. The maximum Gasteiger partial charge on any atom is 0.246 e. The fraction of sp³-hybridized carbons (Fsp3) is 0. The minimum absolute atomic E-state index is 0.00705. The molecule has 0 aliphatic carbocycles. The Morgan fingerprint density at radius 2 is 2.11 bits per heavy atom. The number of fused-ring (bicyclic) bond motifs is 1. The lowest BCUT2D eigenvalue weighted by atomic mass is 10.3. The number of hydrogen-bond donors (Lipinski definition) is 1. The van der Waals surface area contributed by atoms with E-state index in [9.17, 15) is 4.39 Å². The molecule has 4 nitrogen and oxygen atoms in total. The van der Waals surface area contributed by atoms with Crippen LogP contribution in [0.3, 0.4) is 0 Å². The van der Waals surface area contributed by atoms with Crippen molar-refractivity contribution in [3.05, 3.63) is 41.3 Å². The zero-order valence-corrected chi connectivity index (χ0v) is 9.78. The summed E-state index contributed by atoms with van der Waals surface area (Å²) in [5.74, 6) is -0.246. The van der Waals surface area contributed by atoms with Crippen molar-refractivity contribution in [3.63, 3.8) is 0 Å². The highest BCUT2D eigenvalue weighted by Crippen LogP contribution is 2.27. The minimum Gasteiger partial charge on any atom is -0.435 e. The molecule has 0 atom stereocenters. The Kier molecular flexibility index (Phi) is 2.41. The van der Waals surface area contributed by atoms with E-state index in [0.717, 1.165) is 0 Å². The van der Waals surface area contributed by atoms with Gasteiger partial charge in [-0.2, -0.15) is 0 Å². The van der Waals surface area contributed by atoms with Crippen LogP contribution in [0.4, 0.5) is 10.1 Å². The van der Waals surface area contributed by atoms with Crippen molar-refractivity contribution in [2.24, 2.45) is 0 Å². The molecule has 0 fully saturated rings. The first-order valence-electron chi connectivity index (χ1n) is 5.11. The van der Waals surface area contributed by atoms with Crippen LogP contribution >= 0.6 is 11.6 Å². The van der Waals surface area contributed by atoms with Gasteiger partial charge in [-0.05, 0) is 18.2 Å². The van der Waals surface area contributed by atoms with Gasteiger partial charge in [-0.15, -0.1) is 0 Å². The molecule has 2 heterocycles. The number of pyridine rings is 1. The van der Waals surface area contributed by atoms with Crippen LogP contribution < -0.4 is 5.73 Å². The number of nitrogen functional groups attached to an aromatic ring is 1. The summed E-state index contributed by atoms with van der Waals surface area (Å²) in [4.78, 5) is 8.27. The lowest BCUT2D eigenvalue weighted by Gasteiger charge is -1.94. The van der Waals surface area contributed by atoms with Crippen LogP contribution in [0.15, 0.2) is 34.9 Å². The smallest absolute Gasteiger partial charge is 0.246 e. The molecule has 2 N–H and O–H groups in total. The molecule has 0 aliphatic heterocycles. The van der Waals surface area contributed by atoms with Crippen LogP contribution in [-0.4, -0.2) is 9.97 Å². The molecular weight excluding hydrogens is 257 g/mol. The predicted molar refractivity (Wildman–Crippen MR) is 66.6 cm³/mol. The molecule has 0 amide bonds. The van der Waals surface area contributed by atoms with Gasteiger partial charge in [-0.25, -0.2) is 14.4 Å². The number of hydrogen-bond acceptors (Lipinski definition) is 4. The van der Waals surface area contributed by atoms with E-state index >= 15 is 0 Å². The topological polar surface area (TPSA) is 64.9 Å². The summed E-state index contributed by atoms with van der Waals surface area (Å²) in [6, 6.07) is 5.98. The van der Waals surface area contributed by atoms with Crippen molar-refractivity contribution in [1.82, 2.24) is 9.97 Å². The average molecular weight is 264 g/mol. The summed E-state index contributed by atoms with van der Waals surface area (Å²) in [7, 11) is 0. The van der Waals surface area contributed by atoms with Crippen molar-refractivity contribution in [3.8, 4) is 11.6 Å². The van der Waals surface area contributed by atoms with Crippen molar-refractivity contribution in [2.45, 2.75) is 0 Å². The first-order chi connectivity index (χ1) is 8.63. The van der Waals surface area contributed by atoms with E-state index < -0.39 is 5.82 Å². The predicted octanol–water partition coefficient (Wildman–Crippen LogP) is 3.26. The van der Waals surface area contributed by atoms with Gasteiger partial charge in [-0.3, -0.25) is 0 Å². The molecule has 6 heteroatoms. The van der Waals surface area contributed by atoms with Crippen molar-refractivity contribution < 1.29 is 8.81 Å². The van der Waals surface area contributed by atoms with E-state index in [4.69, 9.17) is 21.8 Å². The Bertz CT molecular complexity index is 685. The molecule has 3 aromatic rings. The van der Waals surface area contributed by atoms with Crippen LogP contribution in [0.5, 0.6) is 0 Å². The van der Waals surface area contributed by atoms with Gasteiger partial charge in [0.25, 0.3) is 0 Å². The van der Waals surface area contributed by atoms with E-state index in [1.54, 1.807) is 12.1 Å². The SMILES string of the molecule is Nc1ccc(-c2nc3cc(Cl)c(F)cc3o2)nc1. The average Bonchev–Trinajstić information content (AvgIpc) is 2.73. The van der Waals surface area contributed by atoms with E-state index in [-0.39, 0.29) is 5.02 Å². The number of nitrogens with two attached hydrogens (primary N) is 1. The standard InChI is InChI=1S/C12H7ClFN3O/c13-7-3-10-11(4-8(7)14)18-12(17-10)9-2-1-6(15)5-16-9/h1-5H,15H2. The highest BCUT2D eigenvalue weighted by Gasteiger charge is 2.12. The molecule has 0 spiro atoms. The molecule has 0 saturated heterocycles. The Morgan fingerprint density at radius 1 is 1.28 bits per heavy atom. The third-order valence-electron chi connectivity index (χ3n) is 2.44. The summed E-state index contributed by atoms with van der Waals surface area (Å²) in [5.41, 5.74) is 7.42. The van der Waals surface area contributed by atoms with Gasteiger partial charge in [0.15, 0.2) is 5.58 Å². The van der Waals surface area contributed by atoms with Gasteiger partial charge in [-0.1, -0.05) is 11.6 Å². The van der Waals surface area contributed by atoms with E-state index in [0.29, 0.717) is 28.4 Å². The molecule has 18 heavy (non-hydrogen) atoms. The Balaban J connectivity index is 2.16. The number of anilines is 1. The van der Waals surface area contributed by atoms with Gasteiger partial charge in [0.1, 0.15) is 17.0 Å². The molecule has 0 aliphatic rings. The Labute approximate surface area is 106 Å². The molecule has 0 bridgehead atoms. The molecular formula is C12H7ClFN3O. The second kappa shape index (κ2) is 3.96. The fourth-order valence-corrected chi connectivity index (χ4v) is 1.72. The van der Waals surface area contributed by atoms with Crippen LogP contribution in [0.25, 0.3) is 22.7 Å². The molecule has 1 aromatic carbocycles. The highest BCUT2D eigenvalue weighted by atomic mass is 35.5. The molecule has 0 saturated carbocycles. The first kappa shape index (κ1) is 11.0. The third-order valence-corrected chi connectivity index (χ3v) is 2.73. The lowest BCUT2D eigenvalue weighted by Crippen LogP contribution is -1.87. The molecule has 0 unspecified atom stereocenters. The van der Waals surface area contributed by atoms with Crippen LogP contribution in [-0.2, 0) is 0 Å². The second-order valence-corrected chi connectivity index (χ2v) is 4.14. The molecule has 0 radical (unpaired) electrons. The first-order valence-corrected chi connectivity index (χ1v) is 5.49. The summed E-state index contributed by atoms with van der Waals surface area (Å²) >= 11 is 5.67. The maximum atomic E-state index is 13.3. The number of halogens is 2. The van der Waals surface area contributed by atoms with E-state index in [1.165, 1.54) is 18.3 Å². The van der Waals surface area contributed by atoms with Crippen molar-refractivity contribution in [1.29, 1.82) is 0 Å². The van der Waals surface area contributed by atoms with Gasteiger partial charge in [0, 0.05) is 6.07 Å². The summed E-state index contributed by atoms with van der Waals surface area (Å²) in [5, 5.41) is 0.00705. The van der Waals surface area contributed by atoms with Crippen LogP contribution in [0, 0.1) is 5.82 Å². The third kappa shape index (κ3) is 1.78. The largest absolute Gasteiger partial charge is 0.435 e. The Hall–Kier alpha value is -2.14. The number of aromatic nitrogens is 2. The number of oxazole rings is 1. The zero-order chi connectivity index (χ0) is 12.7. The second-order valence-electron chi connectivity index (χ2n) is 3.73. The van der Waals surface area contributed by atoms with E-state index in [2.05, 4.69) is 9.97 Å². The number of nitrogens with zero attached hydrogens (tertiary/aromatic N) is 2. The minimum atomic E-state index is -0.544. The zero-order valence-electron chi connectivity index (χ0n) is 9.02. The van der Waals surface area contributed by atoms with Crippen LogP contribution in [0.2, 0.25) is 5.02 Å². The van der Waals surface area contributed by atoms with Crippen molar-refractivity contribution in [2.75, 3.05) is 5.73 Å². The fourth-order valence-electron chi connectivity index (χ4n) is 1.56. The van der Waals surface area contributed by atoms with Crippen molar-refractivity contribution >= 4 is 28.4 Å². The number of rotatable bonds is 1. The normalized spacial score (nSPS) is 11.0. The Morgan fingerprint density at radius 3 is 2.83 bits per heavy atom. The van der Waals surface area contributed by atoms with Crippen LogP contribution in [0.1, 0.15) is 0 Å². The highest BCUT2D eigenvalue weighted by molar-refractivity contribution is 6.31. The molecule has 3 rings (SSSR count). The van der Waals surface area contributed by atoms with Gasteiger partial charge in [0.05, 0.1) is 16.9 Å². The van der Waals surface area contributed by atoms with Gasteiger partial charge < -0.3 is 10.2 Å². The summed E-state index contributed by atoms with van der Waals surface area (Å²) in [6.45, 7) is 0. The maximum absolute atomic E-state index is 13.3. The molecule has 90 valence electrons. The summed E-state index contributed by atoms with van der Waals surface area (Å²) in [6.07, 6.45) is 1.50. The van der Waals surface area contributed by atoms with Gasteiger partial charge >= 0.3 is 0 Å². The monoisotopic (exact) mass is 263 g/mol. The van der Waals surface area contributed by atoms with Gasteiger partial charge in [0.2, 0.25) is 5.89 Å². The van der Waals surface area contributed by atoms with E-state index in [1.807, 2.05) is 0 Å².